The molecule has 30 heavy (non-hydrogen) atoms. The first-order valence-corrected chi connectivity index (χ1v) is 9.53. The first kappa shape index (κ1) is 19.7. The molecule has 2 aromatic carbocycles. The van der Waals surface area contributed by atoms with Crippen molar-refractivity contribution in [3.63, 3.8) is 0 Å². The summed E-state index contributed by atoms with van der Waals surface area (Å²) in [7, 11) is 0. The van der Waals surface area contributed by atoms with E-state index in [9.17, 15) is 18.0 Å². The fourth-order valence-electron chi connectivity index (χ4n) is 2.73. The van der Waals surface area contributed by atoms with Gasteiger partial charge in [-0.25, -0.2) is 0 Å². The Hall–Kier alpha value is -3.59. The molecule has 1 N–H and O–H groups in total. The van der Waals surface area contributed by atoms with E-state index in [2.05, 4.69) is 15.2 Å². The number of amides is 1. The van der Waals surface area contributed by atoms with E-state index in [0.29, 0.717) is 5.69 Å². The van der Waals surface area contributed by atoms with Crippen LogP contribution in [-0.2, 0) is 0 Å². The average Bonchev–Trinajstić information content (AvgIpc) is 3.41. The number of carbonyl (C=O) groups excluding carboxylic acids is 1. The van der Waals surface area contributed by atoms with Gasteiger partial charge in [0.2, 0.25) is 5.76 Å². The van der Waals surface area contributed by atoms with Gasteiger partial charge in [0.25, 0.3) is 5.91 Å². The van der Waals surface area contributed by atoms with Crippen molar-refractivity contribution in [1.29, 1.82) is 0 Å². The molecule has 152 valence electrons. The second-order valence-corrected chi connectivity index (χ2v) is 7.11. The summed E-state index contributed by atoms with van der Waals surface area (Å²) < 4.78 is 45.6. The van der Waals surface area contributed by atoms with Gasteiger partial charge in [-0.15, -0.1) is 24.5 Å². The number of rotatable bonds is 5. The summed E-state index contributed by atoms with van der Waals surface area (Å²) in [5.41, 5.74) is 2.59. The molecule has 0 aliphatic heterocycles. The fraction of sp³-hybridized carbons (Fsp3) is 0.0476. The molecule has 4 rings (SSSR count). The van der Waals surface area contributed by atoms with E-state index in [4.69, 9.17) is 4.52 Å². The van der Waals surface area contributed by atoms with Crippen molar-refractivity contribution in [1.82, 2.24) is 5.16 Å². The van der Waals surface area contributed by atoms with Gasteiger partial charge in [0.15, 0.2) is 0 Å². The van der Waals surface area contributed by atoms with Gasteiger partial charge >= 0.3 is 6.36 Å². The van der Waals surface area contributed by atoms with Crippen LogP contribution in [0.25, 0.3) is 21.7 Å². The number of alkyl halides is 3. The Labute approximate surface area is 172 Å². The van der Waals surface area contributed by atoms with Crippen LogP contribution in [-0.4, -0.2) is 17.4 Å². The molecule has 0 fully saturated rings. The van der Waals surface area contributed by atoms with Gasteiger partial charge in [0.05, 0.1) is 0 Å². The Morgan fingerprint density at radius 1 is 1.00 bits per heavy atom. The summed E-state index contributed by atoms with van der Waals surface area (Å²) in [4.78, 5) is 13.5. The summed E-state index contributed by atoms with van der Waals surface area (Å²) in [6.07, 6.45) is -4.78. The Morgan fingerprint density at radius 2 is 1.77 bits per heavy atom. The highest BCUT2D eigenvalue weighted by molar-refractivity contribution is 7.13. The molecule has 0 atom stereocenters. The summed E-state index contributed by atoms with van der Waals surface area (Å²) >= 11 is 1.62. The lowest BCUT2D eigenvalue weighted by Crippen LogP contribution is -2.17. The van der Waals surface area contributed by atoms with Crippen molar-refractivity contribution in [3.05, 3.63) is 77.9 Å². The van der Waals surface area contributed by atoms with Crippen molar-refractivity contribution in [2.24, 2.45) is 0 Å². The number of nitrogens with zero attached hydrogens (tertiary/aromatic N) is 1. The first-order valence-electron chi connectivity index (χ1n) is 8.65. The van der Waals surface area contributed by atoms with E-state index in [1.54, 1.807) is 11.3 Å². The number of nitrogens with one attached hydrogen (secondary N) is 1. The zero-order chi connectivity index (χ0) is 21.1. The van der Waals surface area contributed by atoms with Crippen LogP contribution in [0.3, 0.4) is 0 Å². The molecule has 2 aromatic heterocycles. The van der Waals surface area contributed by atoms with Gasteiger partial charge in [-0.05, 0) is 47.3 Å². The van der Waals surface area contributed by atoms with Crippen molar-refractivity contribution in [3.8, 4) is 27.4 Å². The number of aromatic nitrogens is 1. The SMILES string of the molecule is O=C(Nc1ccc(OC(F)(F)F)cc1)c1cc(-c2cccc(-c3cccs3)c2)no1. The quantitative estimate of drug-likeness (QED) is 0.408. The van der Waals surface area contributed by atoms with Crippen molar-refractivity contribution >= 4 is 22.9 Å². The summed E-state index contributed by atoms with van der Waals surface area (Å²) in [6.45, 7) is 0. The minimum absolute atomic E-state index is 0.0258. The molecule has 0 bridgehead atoms. The van der Waals surface area contributed by atoms with Crippen molar-refractivity contribution < 1.29 is 27.2 Å². The molecule has 4 aromatic rings. The normalized spacial score (nSPS) is 11.3. The highest BCUT2D eigenvalue weighted by atomic mass is 32.1. The number of ether oxygens (including phenoxy) is 1. The smallest absolute Gasteiger partial charge is 0.406 e. The summed E-state index contributed by atoms with van der Waals surface area (Å²) in [5, 5.41) is 8.48. The Balaban J connectivity index is 1.46. The summed E-state index contributed by atoms with van der Waals surface area (Å²) in [5.74, 6) is -0.983. The van der Waals surface area contributed by atoms with Crippen molar-refractivity contribution in [2.45, 2.75) is 6.36 Å². The van der Waals surface area contributed by atoms with Crippen LogP contribution in [0.2, 0.25) is 0 Å². The van der Waals surface area contributed by atoms with Gasteiger partial charge in [-0.3, -0.25) is 4.79 Å². The van der Waals surface area contributed by atoms with Crippen LogP contribution in [0.1, 0.15) is 10.6 Å². The highest BCUT2D eigenvalue weighted by Crippen LogP contribution is 2.29. The molecule has 0 aliphatic carbocycles. The Kier molecular flexibility index (Phi) is 5.28. The molecule has 0 radical (unpaired) electrons. The van der Waals surface area contributed by atoms with E-state index < -0.39 is 12.3 Å². The molecule has 0 saturated carbocycles. The molecular weight excluding hydrogens is 417 g/mol. The van der Waals surface area contributed by atoms with E-state index in [1.165, 1.54) is 18.2 Å². The van der Waals surface area contributed by atoms with Crippen LogP contribution in [0, 0.1) is 0 Å². The molecule has 0 saturated heterocycles. The predicted molar refractivity (Wildman–Crippen MR) is 106 cm³/mol. The summed E-state index contributed by atoms with van der Waals surface area (Å²) in [6, 6.07) is 17.9. The number of halogens is 3. The van der Waals surface area contributed by atoms with E-state index >= 15 is 0 Å². The van der Waals surface area contributed by atoms with Gasteiger partial charge < -0.3 is 14.6 Å². The lowest BCUT2D eigenvalue weighted by atomic mass is 10.1. The second kappa shape index (κ2) is 8.03. The van der Waals surface area contributed by atoms with Gasteiger partial charge in [-0.1, -0.05) is 29.4 Å². The van der Waals surface area contributed by atoms with Crippen LogP contribution in [0.15, 0.2) is 76.6 Å². The molecule has 9 heteroatoms. The van der Waals surface area contributed by atoms with Crippen LogP contribution >= 0.6 is 11.3 Å². The first-order chi connectivity index (χ1) is 14.4. The molecular formula is C21H13F3N2O3S. The molecule has 5 nitrogen and oxygen atoms in total. The maximum absolute atomic E-state index is 12.4. The van der Waals surface area contributed by atoms with Crippen LogP contribution in [0.5, 0.6) is 5.75 Å². The number of thiophene rings is 1. The number of hydrogen-bond donors (Lipinski definition) is 1. The second-order valence-electron chi connectivity index (χ2n) is 6.16. The Morgan fingerprint density at radius 3 is 2.47 bits per heavy atom. The number of anilines is 1. The number of benzene rings is 2. The topological polar surface area (TPSA) is 64.4 Å². The minimum atomic E-state index is -4.78. The predicted octanol–water partition coefficient (Wildman–Crippen LogP) is 6.22. The van der Waals surface area contributed by atoms with E-state index in [0.717, 1.165) is 28.1 Å². The molecule has 0 aliphatic rings. The monoisotopic (exact) mass is 430 g/mol. The van der Waals surface area contributed by atoms with Crippen LogP contribution in [0.4, 0.5) is 18.9 Å². The standard InChI is InChI=1S/C21H13F3N2O3S/c22-21(23,24)28-16-8-6-15(7-9-16)25-20(27)18-12-17(26-29-18)13-3-1-4-14(11-13)19-5-2-10-30-19/h1-12H,(H,25,27). The number of carbonyl (C=O) groups is 1. The minimum Gasteiger partial charge on any atom is -0.406 e. The van der Waals surface area contributed by atoms with E-state index in [1.807, 2.05) is 41.8 Å². The molecule has 0 spiro atoms. The van der Waals surface area contributed by atoms with Crippen LogP contribution < -0.4 is 10.1 Å². The van der Waals surface area contributed by atoms with E-state index in [-0.39, 0.29) is 17.2 Å². The van der Waals surface area contributed by atoms with Gasteiger partial charge in [0.1, 0.15) is 11.4 Å². The zero-order valence-corrected chi connectivity index (χ0v) is 16.0. The lowest BCUT2D eigenvalue weighted by Gasteiger charge is -2.09. The largest absolute Gasteiger partial charge is 0.573 e. The molecule has 0 unspecified atom stereocenters. The molecule has 2 heterocycles. The maximum Gasteiger partial charge on any atom is 0.573 e. The third kappa shape index (κ3) is 4.69. The zero-order valence-electron chi connectivity index (χ0n) is 15.1. The maximum atomic E-state index is 12.4. The third-order valence-electron chi connectivity index (χ3n) is 4.04. The van der Waals surface area contributed by atoms with Gasteiger partial charge in [0, 0.05) is 22.2 Å². The number of hydrogen-bond acceptors (Lipinski definition) is 5. The highest BCUT2D eigenvalue weighted by Gasteiger charge is 2.31. The third-order valence-corrected chi connectivity index (χ3v) is 4.96. The average molecular weight is 430 g/mol. The fourth-order valence-corrected chi connectivity index (χ4v) is 3.45. The molecule has 1 amide bonds. The Bertz CT molecular complexity index is 1150. The van der Waals surface area contributed by atoms with Crippen molar-refractivity contribution in [2.75, 3.05) is 5.32 Å². The lowest BCUT2D eigenvalue weighted by molar-refractivity contribution is -0.274. The van der Waals surface area contributed by atoms with Gasteiger partial charge in [-0.2, -0.15) is 0 Å².